The van der Waals surface area contributed by atoms with E-state index in [9.17, 15) is 9.59 Å². The van der Waals surface area contributed by atoms with Crippen LogP contribution >= 0.6 is 0 Å². The summed E-state index contributed by atoms with van der Waals surface area (Å²) < 4.78 is 5.48. The first kappa shape index (κ1) is 20.5. The molecule has 7 nitrogen and oxygen atoms in total. The van der Waals surface area contributed by atoms with Gasteiger partial charge in [-0.25, -0.2) is 0 Å². The number of benzene rings is 2. The van der Waals surface area contributed by atoms with Crippen molar-refractivity contribution in [1.82, 2.24) is 9.80 Å². The van der Waals surface area contributed by atoms with Crippen molar-refractivity contribution in [2.45, 2.75) is 37.3 Å². The third-order valence-electron chi connectivity index (χ3n) is 8.05. The quantitative estimate of drug-likeness (QED) is 0.728. The van der Waals surface area contributed by atoms with E-state index in [0.29, 0.717) is 23.7 Å². The number of fused-ring (bicyclic) bond motifs is 5. The van der Waals surface area contributed by atoms with Crippen LogP contribution in [0.2, 0.25) is 0 Å². The number of methoxy groups -OCH3 is 1. The zero-order chi connectivity index (χ0) is 22.6. The highest BCUT2D eigenvalue weighted by Crippen LogP contribution is 2.47. The van der Waals surface area contributed by atoms with Gasteiger partial charge in [0, 0.05) is 38.8 Å². The molecule has 0 saturated carbocycles. The van der Waals surface area contributed by atoms with Crippen molar-refractivity contribution < 1.29 is 14.3 Å². The lowest BCUT2D eigenvalue weighted by Crippen LogP contribution is -2.62. The summed E-state index contributed by atoms with van der Waals surface area (Å²) in [6.45, 7) is 4.19. The van der Waals surface area contributed by atoms with Gasteiger partial charge in [-0.05, 0) is 49.9 Å². The number of ether oxygens (including phenoxy) is 1. The molecule has 6 rings (SSSR count). The first-order valence-electron chi connectivity index (χ1n) is 12.0. The van der Waals surface area contributed by atoms with E-state index in [1.807, 2.05) is 12.1 Å². The molecule has 4 aliphatic heterocycles. The van der Waals surface area contributed by atoms with Crippen molar-refractivity contribution in [2.75, 3.05) is 50.1 Å². The van der Waals surface area contributed by atoms with Gasteiger partial charge in [-0.3, -0.25) is 14.5 Å². The molecule has 0 radical (unpaired) electrons. The summed E-state index contributed by atoms with van der Waals surface area (Å²) in [5.41, 5.74) is 3.58. The van der Waals surface area contributed by atoms with Crippen molar-refractivity contribution in [2.24, 2.45) is 0 Å². The Morgan fingerprint density at radius 2 is 1.73 bits per heavy atom. The number of amides is 2. The van der Waals surface area contributed by atoms with Gasteiger partial charge in [-0.1, -0.05) is 12.1 Å². The number of anilines is 2. The predicted molar refractivity (Wildman–Crippen MR) is 127 cm³/mol. The van der Waals surface area contributed by atoms with Gasteiger partial charge in [0.05, 0.1) is 41.2 Å². The Morgan fingerprint density at radius 1 is 1.00 bits per heavy atom. The van der Waals surface area contributed by atoms with E-state index >= 15 is 0 Å². The third kappa shape index (κ3) is 3.21. The third-order valence-corrected chi connectivity index (χ3v) is 8.05. The van der Waals surface area contributed by atoms with Crippen molar-refractivity contribution in [3.8, 4) is 5.75 Å². The molecule has 0 bridgehead atoms. The van der Waals surface area contributed by atoms with Gasteiger partial charge in [-0.15, -0.1) is 0 Å². The normalized spacial score (nSPS) is 23.4. The Morgan fingerprint density at radius 3 is 2.42 bits per heavy atom. The van der Waals surface area contributed by atoms with Crippen LogP contribution in [-0.2, 0) is 0 Å². The maximum atomic E-state index is 12.7. The number of imide groups is 1. The molecule has 7 heteroatoms. The molecule has 1 unspecified atom stereocenters. The first-order chi connectivity index (χ1) is 16.1. The summed E-state index contributed by atoms with van der Waals surface area (Å²) in [6.07, 6.45) is 4.54. The fourth-order valence-corrected chi connectivity index (χ4v) is 6.29. The Balaban J connectivity index is 1.13. The van der Waals surface area contributed by atoms with Crippen molar-refractivity contribution in [3.63, 3.8) is 0 Å². The molecule has 2 aromatic rings. The van der Waals surface area contributed by atoms with Crippen LogP contribution in [0.5, 0.6) is 5.75 Å². The SMILES string of the molecule is COc1ccc2c(c1)NC1(CCN(CCN3C(=O)c4ccccc4C3=O)CC1)C1CCCN21. The minimum absolute atomic E-state index is 0.0574. The molecule has 2 fully saturated rings. The molecule has 4 heterocycles. The van der Waals surface area contributed by atoms with Gasteiger partial charge in [0.15, 0.2) is 0 Å². The van der Waals surface area contributed by atoms with E-state index in [1.165, 1.54) is 29.1 Å². The lowest BCUT2D eigenvalue weighted by atomic mass is 9.77. The first-order valence-corrected chi connectivity index (χ1v) is 12.0. The van der Waals surface area contributed by atoms with E-state index in [4.69, 9.17) is 4.74 Å². The number of nitrogens with one attached hydrogen (secondary N) is 1. The van der Waals surface area contributed by atoms with Gasteiger partial charge in [0.2, 0.25) is 0 Å². The second kappa shape index (κ2) is 7.76. The van der Waals surface area contributed by atoms with Gasteiger partial charge in [-0.2, -0.15) is 0 Å². The molecule has 1 spiro atoms. The minimum Gasteiger partial charge on any atom is -0.497 e. The molecule has 1 N–H and O–H groups in total. The van der Waals surface area contributed by atoms with Crippen LogP contribution in [0.15, 0.2) is 42.5 Å². The van der Waals surface area contributed by atoms with Crippen LogP contribution in [0.1, 0.15) is 46.4 Å². The molecule has 2 aromatic carbocycles. The number of hydrogen-bond donors (Lipinski definition) is 1. The standard InChI is InChI=1S/C26H30N4O3/c1-33-18-8-9-22-21(17-18)27-26(23-7-4-12-29(22)23)10-13-28(14-11-26)15-16-30-24(31)19-5-2-3-6-20(19)25(30)32/h2-3,5-6,8-9,17,23,27H,4,7,10-16H2,1H3. The number of rotatable bonds is 4. The van der Waals surface area contributed by atoms with E-state index in [1.54, 1.807) is 19.2 Å². The Kier molecular flexibility index (Phi) is 4.83. The highest BCUT2D eigenvalue weighted by molar-refractivity contribution is 6.21. The molecular formula is C26H30N4O3. The largest absolute Gasteiger partial charge is 0.497 e. The van der Waals surface area contributed by atoms with Crippen LogP contribution in [0.3, 0.4) is 0 Å². The molecule has 0 aromatic heterocycles. The Hall–Kier alpha value is -3.06. The van der Waals surface area contributed by atoms with Crippen LogP contribution in [0, 0.1) is 0 Å². The molecule has 0 aliphatic carbocycles. The van der Waals surface area contributed by atoms with E-state index in [2.05, 4.69) is 33.3 Å². The molecule has 33 heavy (non-hydrogen) atoms. The van der Waals surface area contributed by atoms with Crippen molar-refractivity contribution in [3.05, 3.63) is 53.6 Å². The summed E-state index contributed by atoms with van der Waals surface area (Å²) >= 11 is 0. The monoisotopic (exact) mass is 446 g/mol. The fraction of sp³-hybridized carbons (Fsp3) is 0.462. The van der Waals surface area contributed by atoms with Gasteiger partial charge in [0.25, 0.3) is 11.8 Å². The zero-order valence-corrected chi connectivity index (χ0v) is 19.0. The van der Waals surface area contributed by atoms with Crippen LogP contribution in [0.25, 0.3) is 0 Å². The number of hydrogen-bond acceptors (Lipinski definition) is 6. The predicted octanol–water partition coefficient (Wildman–Crippen LogP) is 3.22. The van der Waals surface area contributed by atoms with E-state index in [-0.39, 0.29) is 17.4 Å². The smallest absolute Gasteiger partial charge is 0.261 e. The topological polar surface area (TPSA) is 65.1 Å². The fourth-order valence-electron chi connectivity index (χ4n) is 6.29. The van der Waals surface area contributed by atoms with Crippen LogP contribution in [-0.4, -0.2) is 73.0 Å². The summed E-state index contributed by atoms with van der Waals surface area (Å²) in [7, 11) is 1.71. The Bertz CT molecular complexity index is 1070. The number of carbonyl (C=O) groups excluding carboxylic acids is 2. The zero-order valence-electron chi connectivity index (χ0n) is 19.0. The number of piperidine rings is 1. The maximum Gasteiger partial charge on any atom is 0.261 e. The number of likely N-dealkylation sites (tertiary alicyclic amines) is 1. The van der Waals surface area contributed by atoms with Crippen molar-refractivity contribution in [1.29, 1.82) is 0 Å². The highest BCUT2D eigenvalue weighted by Gasteiger charge is 2.49. The highest BCUT2D eigenvalue weighted by atomic mass is 16.5. The average Bonchev–Trinajstić information content (AvgIpc) is 3.44. The maximum absolute atomic E-state index is 12.7. The molecule has 2 saturated heterocycles. The number of carbonyl (C=O) groups is 2. The van der Waals surface area contributed by atoms with Gasteiger partial charge in [0.1, 0.15) is 5.75 Å². The van der Waals surface area contributed by atoms with Crippen molar-refractivity contribution >= 4 is 23.2 Å². The summed E-state index contributed by atoms with van der Waals surface area (Å²) in [5, 5.41) is 3.94. The minimum atomic E-state index is -0.162. The lowest BCUT2D eigenvalue weighted by molar-refractivity contribution is 0.0620. The summed E-state index contributed by atoms with van der Waals surface area (Å²) in [6, 6.07) is 14.0. The molecular weight excluding hydrogens is 416 g/mol. The van der Waals surface area contributed by atoms with Gasteiger partial charge >= 0.3 is 0 Å². The number of nitrogens with zero attached hydrogens (tertiary/aromatic N) is 3. The molecule has 4 aliphatic rings. The summed E-state index contributed by atoms with van der Waals surface area (Å²) in [5.74, 6) is 0.558. The van der Waals surface area contributed by atoms with E-state index < -0.39 is 0 Å². The van der Waals surface area contributed by atoms with E-state index in [0.717, 1.165) is 44.8 Å². The average molecular weight is 447 g/mol. The van der Waals surface area contributed by atoms with Crippen LogP contribution in [0.4, 0.5) is 11.4 Å². The molecule has 1 atom stereocenters. The Labute approximate surface area is 194 Å². The second-order valence-corrected chi connectivity index (χ2v) is 9.66. The summed E-state index contributed by atoms with van der Waals surface area (Å²) in [4.78, 5) is 31.8. The van der Waals surface area contributed by atoms with Gasteiger partial charge < -0.3 is 19.9 Å². The molecule has 172 valence electrons. The molecule has 2 amide bonds. The lowest BCUT2D eigenvalue weighted by Gasteiger charge is -2.53. The van der Waals surface area contributed by atoms with Crippen LogP contribution < -0.4 is 15.0 Å². The second-order valence-electron chi connectivity index (χ2n) is 9.66.